The zero-order valence-corrected chi connectivity index (χ0v) is 13.8. The molecule has 0 radical (unpaired) electrons. The molecule has 0 unspecified atom stereocenters. The molecule has 0 aromatic heterocycles. The zero-order chi connectivity index (χ0) is 18.6. The first-order valence-electron chi connectivity index (χ1n) is 7.18. The van der Waals surface area contributed by atoms with Crippen LogP contribution in [0.2, 0.25) is 5.02 Å². The molecule has 5 nitrogen and oxygen atoms in total. The first-order chi connectivity index (χ1) is 11.8. The van der Waals surface area contributed by atoms with E-state index >= 15 is 0 Å². The van der Waals surface area contributed by atoms with Gasteiger partial charge in [-0.3, -0.25) is 4.79 Å². The Hall–Kier alpha value is -2.67. The number of rotatable bonds is 5. The van der Waals surface area contributed by atoms with Gasteiger partial charge in [-0.15, -0.1) is 0 Å². The third kappa shape index (κ3) is 4.90. The van der Waals surface area contributed by atoms with Crippen molar-refractivity contribution in [3.63, 3.8) is 0 Å². The molecule has 8 heteroatoms. The number of hydrogen-bond donors (Lipinski definition) is 2. The van der Waals surface area contributed by atoms with Crippen molar-refractivity contribution in [2.75, 3.05) is 6.61 Å². The monoisotopic (exact) mass is 369 g/mol. The summed E-state index contributed by atoms with van der Waals surface area (Å²) < 4.78 is 31.3. The number of carbonyl (C=O) groups is 2. The Balaban J connectivity index is 1.92. The van der Waals surface area contributed by atoms with E-state index in [1.165, 1.54) is 25.1 Å². The molecule has 2 N–H and O–H groups in total. The summed E-state index contributed by atoms with van der Waals surface area (Å²) in [5.74, 6) is -3.49. The molecular formula is C17H14ClF2NO4. The summed E-state index contributed by atoms with van der Waals surface area (Å²) in [4.78, 5) is 23.6. The molecule has 0 heterocycles. The largest absolute Gasteiger partial charge is 0.507 e. The molecule has 2 aromatic carbocycles. The molecule has 132 valence electrons. The SMILES string of the molecule is C[C@@H](NC(=O)COC(=O)c1ccc(Cl)cc1O)c1ccc(F)cc1F. The second kappa shape index (κ2) is 7.94. The molecule has 0 saturated carbocycles. The van der Waals surface area contributed by atoms with Crippen LogP contribution >= 0.6 is 11.6 Å². The van der Waals surface area contributed by atoms with Crippen LogP contribution in [0.1, 0.15) is 28.9 Å². The zero-order valence-electron chi connectivity index (χ0n) is 13.1. The number of esters is 1. The smallest absolute Gasteiger partial charge is 0.342 e. The van der Waals surface area contributed by atoms with E-state index < -0.39 is 36.2 Å². The predicted molar refractivity (Wildman–Crippen MR) is 86.3 cm³/mol. The lowest BCUT2D eigenvalue weighted by Crippen LogP contribution is -2.31. The molecule has 2 aromatic rings. The lowest BCUT2D eigenvalue weighted by atomic mass is 10.1. The third-order valence-corrected chi connectivity index (χ3v) is 3.56. The minimum absolute atomic E-state index is 0.0939. The number of carbonyl (C=O) groups excluding carboxylic acids is 2. The summed E-state index contributed by atoms with van der Waals surface area (Å²) in [5, 5.41) is 12.3. The van der Waals surface area contributed by atoms with Crippen molar-refractivity contribution >= 4 is 23.5 Å². The highest BCUT2D eigenvalue weighted by atomic mass is 35.5. The standard InChI is InChI=1S/C17H14ClF2NO4/c1-9(12-5-3-11(19)7-14(12)20)21-16(23)8-25-17(24)13-4-2-10(18)6-15(13)22/h2-7,9,22H,8H2,1H3,(H,21,23)/t9-/m1/s1. The average Bonchev–Trinajstić information content (AvgIpc) is 2.52. The van der Waals surface area contributed by atoms with E-state index in [2.05, 4.69) is 5.32 Å². The maximum absolute atomic E-state index is 13.6. The molecule has 1 amide bonds. The Labute approximate surface area is 147 Å². The van der Waals surface area contributed by atoms with Crippen LogP contribution in [-0.4, -0.2) is 23.6 Å². The Morgan fingerprint density at radius 2 is 1.96 bits per heavy atom. The number of nitrogens with one attached hydrogen (secondary N) is 1. The van der Waals surface area contributed by atoms with E-state index in [9.17, 15) is 23.5 Å². The van der Waals surface area contributed by atoms with Crippen molar-refractivity contribution in [3.05, 3.63) is 64.2 Å². The van der Waals surface area contributed by atoms with Crippen LogP contribution in [0, 0.1) is 11.6 Å². The number of aromatic hydroxyl groups is 1. The average molecular weight is 370 g/mol. The van der Waals surface area contributed by atoms with Gasteiger partial charge in [0.05, 0.1) is 6.04 Å². The van der Waals surface area contributed by atoms with Gasteiger partial charge in [0.15, 0.2) is 6.61 Å². The molecule has 0 aliphatic rings. The number of phenolic OH excluding ortho intramolecular Hbond substituents is 1. The molecule has 0 fully saturated rings. The maximum Gasteiger partial charge on any atom is 0.342 e. The van der Waals surface area contributed by atoms with Gasteiger partial charge in [0, 0.05) is 16.7 Å². The first kappa shape index (κ1) is 18.7. The van der Waals surface area contributed by atoms with Crippen LogP contribution in [0.25, 0.3) is 0 Å². The van der Waals surface area contributed by atoms with E-state index in [0.29, 0.717) is 6.07 Å². The third-order valence-electron chi connectivity index (χ3n) is 3.32. The van der Waals surface area contributed by atoms with Crippen LogP contribution in [-0.2, 0) is 9.53 Å². The fourth-order valence-corrected chi connectivity index (χ4v) is 2.27. The van der Waals surface area contributed by atoms with E-state index in [4.69, 9.17) is 16.3 Å². The maximum atomic E-state index is 13.6. The van der Waals surface area contributed by atoms with Crippen LogP contribution in [0.4, 0.5) is 8.78 Å². The van der Waals surface area contributed by atoms with Gasteiger partial charge in [-0.25, -0.2) is 13.6 Å². The summed E-state index contributed by atoms with van der Waals surface area (Å²) in [5.41, 5.74) is -0.0498. The van der Waals surface area contributed by atoms with E-state index in [0.717, 1.165) is 12.1 Å². The van der Waals surface area contributed by atoms with Crippen LogP contribution in [0.3, 0.4) is 0 Å². The van der Waals surface area contributed by atoms with E-state index in [1.807, 2.05) is 0 Å². The molecule has 0 bridgehead atoms. The summed E-state index contributed by atoms with van der Waals surface area (Å²) in [7, 11) is 0. The Bertz CT molecular complexity index is 813. The van der Waals surface area contributed by atoms with E-state index in [1.54, 1.807) is 0 Å². The van der Waals surface area contributed by atoms with Crippen molar-refractivity contribution in [2.45, 2.75) is 13.0 Å². The van der Waals surface area contributed by atoms with Crippen LogP contribution in [0.5, 0.6) is 5.75 Å². The van der Waals surface area contributed by atoms with Crippen molar-refractivity contribution in [2.24, 2.45) is 0 Å². The Morgan fingerprint density at radius 1 is 1.24 bits per heavy atom. The second-order valence-electron chi connectivity index (χ2n) is 5.19. The fourth-order valence-electron chi connectivity index (χ4n) is 2.10. The van der Waals surface area contributed by atoms with Gasteiger partial charge < -0.3 is 15.2 Å². The first-order valence-corrected chi connectivity index (χ1v) is 7.55. The van der Waals surface area contributed by atoms with Crippen LogP contribution < -0.4 is 5.32 Å². The van der Waals surface area contributed by atoms with Crippen molar-refractivity contribution in [1.29, 1.82) is 0 Å². The highest BCUT2D eigenvalue weighted by Gasteiger charge is 2.17. The van der Waals surface area contributed by atoms with Gasteiger partial charge in [-0.1, -0.05) is 17.7 Å². The number of halogens is 3. The molecule has 25 heavy (non-hydrogen) atoms. The van der Waals surface area contributed by atoms with Crippen molar-refractivity contribution in [3.8, 4) is 5.75 Å². The topological polar surface area (TPSA) is 75.6 Å². The summed E-state index contributed by atoms with van der Waals surface area (Å²) in [6.07, 6.45) is 0. The van der Waals surface area contributed by atoms with Crippen LogP contribution in [0.15, 0.2) is 36.4 Å². The lowest BCUT2D eigenvalue weighted by Gasteiger charge is -2.15. The number of hydrogen-bond acceptors (Lipinski definition) is 4. The second-order valence-corrected chi connectivity index (χ2v) is 5.63. The van der Waals surface area contributed by atoms with Gasteiger partial charge in [0.1, 0.15) is 22.9 Å². The number of phenols is 1. The van der Waals surface area contributed by atoms with Crippen molar-refractivity contribution in [1.82, 2.24) is 5.32 Å². The quantitative estimate of drug-likeness (QED) is 0.792. The predicted octanol–water partition coefficient (Wildman–Crippen LogP) is 3.36. The molecule has 0 aliphatic heterocycles. The Kier molecular flexibility index (Phi) is 5.93. The highest BCUT2D eigenvalue weighted by molar-refractivity contribution is 6.30. The van der Waals surface area contributed by atoms with Crippen molar-refractivity contribution < 1.29 is 28.2 Å². The number of ether oxygens (including phenoxy) is 1. The summed E-state index contributed by atoms with van der Waals surface area (Å²) in [6.45, 7) is 0.870. The minimum Gasteiger partial charge on any atom is -0.507 e. The van der Waals surface area contributed by atoms with Gasteiger partial charge in [0.25, 0.3) is 5.91 Å². The fraction of sp³-hybridized carbons (Fsp3) is 0.176. The van der Waals surface area contributed by atoms with Gasteiger partial charge in [0.2, 0.25) is 0 Å². The minimum atomic E-state index is -0.912. The lowest BCUT2D eigenvalue weighted by molar-refractivity contribution is -0.124. The van der Waals surface area contributed by atoms with Gasteiger partial charge in [-0.05, 0) is 31.2 Å². The molecule has 0 aliphatic carbocycles. The molecule has 0 saturated heterocycles. The molecular weight excluding hydrogens is 356 g/mol. The summed E-state index contributed by atoms with van der Waals surface area (Å²) >= 11 is 5.66. The van der Waals surface area contributed by atoms with E-state index in [-0.39, 0.29) is 21.9 Å². The van der Waals surface area contributed by atoms with Gasteiger partial charge >= 0.3 is 5.97 Å². The highest BCUT2D eigenvalue weighted by Crippen LogP contribution is 2.22. The van der Waals surface area contributed by atoms with Gasteiger partial charge in [-0.2, -0.15) is 0 Å². The molecule has 2 rings (SSSR count). The normalized spacial score (nSPS) is 11.7. The Morgan fingerprint density at radius 3 is 2.60 bits per heavy atom. The number of benzene rings is 2. The molecule has 1 atom stereocenters. The molecule has 0 spiro atoms. The number of amides is 1. The summed E-state index contributed by atoms with van der Waals surface area (Å²) in [6, 6.07) is 6.05.